The standard InChI is InChI=1S/C13H16N2O/c1-10-4-3-5-12(6-10)11(2)15-8-13-7-14-9-16-13/h3-7,9,11,15H,8H2,1-2H3/t11-/m0/s1. The van der Waals surface area contributed by atoms with Crippen LogP contribution in [0.1, 0.15) is 29.9 Å². The summed E-state index contributed by atoms with van der Waals surface area (Å²) in [5.41, 5.74) is 2.57. The van der Waals surface area contributed by atoms with Crippen molar-refractivity contribution in [2.45, 2.75) is 26.4 Å². The molecular weight excluding hydrogens is 200 g/mol. The van der Waals surface area contributed by atoms with E-state index in [-0.39, 0.29) is 0 Å². The molecule has 0 amide bonds. The fourth-order valence-corrected chi connectivity index (χ4v) is 1.64. The molecule has 0 aliphatic rings. The first-order valence-corrected chi connectivity index (χ1v) is 5.43. The van der Waals surface area contributed by atoms with E-state index < -0.39 is 0 Å². The summed E-state index contributed by atoms with van der Waals surface area (Å²) in [6.45, 7) is 4.95. The average Bonchev–Trinajstić information content (AvgIpc) is 2.78. The number of hydrogen-bond acceptors (Lipinski definition) is 3. The predicted octanol–water partition coefficient (Wildman–Crippen LogP) is 2.83. The molecule has 1 atom stereocenters. The zero-order valence-electron chi connectivity index (χ0n) is 9.60. The Balaban J connectivity index is 1.95. The van der Waals surface area contributed by atoms with Gasteiger partial charge in [0.15, 0.2) is 6.39 Å². The van der Waals surface area contributed by atoms with Crippen molar-refractivity contribution in [3.63, 3.8) is 0 Å². The van der Waals surface area contributed by atoms with E-state index in [1.165, 1.54) is 17.5 Å². The largest absolute Gasteiger partial charge is 0.447 e. The molecule has 1 aromatic heterocycles. The van der Waals surface area contributed by atoms with E-state index in [2.05, 4.69) is 48.4 Å². The van der Waals surface area contributed by atoms with Gasteiger partial charge in [0, 0.05) is 6.04 Å². The Morgan fingerprint density at radius 3 is 3.00 bits per heavy atom. The monoisotopic (exact) mass is 216 g/mol. The zero-order chi connectivity index (χ0) is 11.4. The Bertz CT molecular complexity index is 437. The van der Waals surface area contributed by atoms with Crippen LogP contribution in [0.25, 0.3) is 0 Å². The molecule has 3 nitrogen and oxygen atoms in total. The number of rotatable bonds is 4. The van der Waals surface area contributed by atoms with E-state index in [1.54, 1.807) is 6.20 Å². The fraction of sp³-hybridized carbons (Fsp3) is 0.308. The van der Waals surface area contributed by atoms with Crippen molar-refractivity contribution in [3.05, 3.63) is 53.7 Å². The topological polar surface area (TPSA) is 38.1 Å². The highest BCUT2D eigenvalue weighted by molar-refractivity contribution is 5.24. The van der Waals surface area contributed by atoms with Gasteiger partial charge in [-0.05, 0) is 19.4 Å². The third-order valence-electron chi connectivity index (χ3n) is 2.61. The quantitative estimate of drug-likeness (QED) is 0.854. The molecule has 0 spiro atoms. The molecular formula is C13H16N2O. The number of benzene rings is 1. The van der Waals surface area contributed by atoms with Gasteiger partial charge in [-0.3, -0.25) is 0 Å². The van der Waals surface area contributed by atoms with Crippen molar-refractivity contribution in [1.29, 1.82) is 0 Å². The molecule has 84 valence electrons. The van der Waals surface area contributed by atoms with E-state index >= 15 is 0 Å². The van der Waals surface area contributed by atoms with Gasteiger partial charge in [0.1, 0.15) is 5.76 Å². The van der Waals surface area contributed by atoms with E-state index in [4.69, 9.17) is 4.42 Å². The molecule has 1 heterocycles. The van der Waals surface area contributed by atoms with E-state index in [0.717, 1.165) is 5.76 Å². The lowest BCUT2D eigenvalue weighted by Crippen LogP contribution is -2.17. The maximum absolute atomic E-state index is 5.17. The van der Waals surface area contributed by atoms with Gasteiger partial charge in [-0.15, -0.1) is 0 Å². The minimum atomic E-state index is 0.310. The second-order valence-electron chi connectivity index (χ2n) is 3.98. The molecule has 3 heteroatoms. The second-order valence-corrected chi connectivity index (χ2v) is 3.98. The molecule has 0 radical (unpaired) electrons. The summed E-state index contributed by atoms with van der Waals surface area (Å²) >= 11 is 0. The average molecular weight is 216 g/mol. The summed E-state index contributed by atoms with van der Waals surface area (Å²) < 4.78 is 5.17. The van der Waals surface area contributed by atoms with Crippen molar-refractivity contribution < 1.29 is 4.42 Å². The van der Waals surface area contributed by atoms with Crippen LogP contribution in [-0.4, -0.2) is 4.98 Å². The summed E-state index contributed by atoms with van der Waals surface area (Å²) in [6, 6.07) is 8.82. The maximum atomic E-state index is 5.17. The first-order valence-electron chi connectivity index (χ1n) is 5.43. The van der Waals surface area contributed by atoms with Gasteiger partial charge in [-0.1, -0.05) is 29.8 Å². The number of hydrogen-bond donors (Lipinski definition) is 1. The van der Waals surface area contributed by atoms with Crippen LogP contribution < -0.4 is 5.32 Å². The Morgan fingerprint density at radius 1 is 1.44 bits per heavy atom. The molecule has 1 N–H and O–H groups in total. The first-order chi connectivity index (χ1) is 7.75. The van der Waals surface area contributed by atoms with E-state index in [0.29, 0.717) is 12.6 Å². The van der Waals surface area contributed by atoms with Gasteiger partial charge in [-0.25, -0.2) is 4.98 Å². The lowest BCUT2D eigenvalue weighted by Gasteiger charge is -2.13. The molecule has 0 bridgehead atoms. The molecule has 2 rings (SSSR count). The van der Waals surface area contributed by atoms with Crippen LogP contribution in [0, 0.1) is 6.92 Å². The highest BCUT2D eigenvalue weighted by Gasteiger charge is 2.05. The highest BCUT2D eigenvalue weighted by atomic mass is 16.3. The SMILES string of the molecule is Cc1cccc([C@H](C)NCc2cnco2)c1. The Kier molecular flexibility index (Phi) is 3.37. The summed E-state index contributed by atoms with van der Waals surface area (Å²) in [7, 11) is 0. The number of oxazole rings is 1. The second kappa shape index (κ2) is 4.94. The minimum absolute atomic E-state index is 0.310. The van der Waals surface area contributed by atoms with E-state index in [9.17, 15) is 0 Å². The number of nitrogens with zero attached hydrogens (tertiary/aromatic N) is 1. The molecule has 0 aliphatic carbocycles. The third kappa shape index (κ3) is 2.70. The lowest BCUT2D eigenvalue weighted by atomic mass is 10.1. The Labute approximate surface area is 95.5 Å². The molecule has 0 saturated carbocycles. The zero-order valence-corrected chi connectivity index (χ0v) is 9.60. The summed E-state index contributed by atoms with van der Waals surface area (Å²) in [5, 5.41) is 3.39. The third-order valence-corrected chi connectivity index (χ3v) is 2.61. The van der Waals surface area contributed by atoms with E-state index in [1.807, 2.05) is 0 Å². The first kappa shape index (κ1) is 10.9. The fourth-order valence-electron chi connectivity index (χ4n) is 1.64. The van der Waals surface area contributed by atoms with Crippen molar-refractivity contribution in [2.75, 3.05) is 0 Å². The van der Waals surface area contributed by atoms with Gasteiger partial charge < -0.3 is 9.73 Å². The summed E-state index contributed by atoms with van der Waals surface area (Å²) in [4.78, 5) is 3.88. The number of aromatic nitrogens is 1. The number of nitrogens with one attached hydrogen (secondary N) is 1. The minimum Gasteiger partial charge on any atom is -0.447 e. The van der Waals surface area contributed by atoms with Crippen LogP contribution in [0.15, 0.2) is 41.3 Å². The van der Waals surface area contributed by atoms with Gasteiger partial charge in [0.2, 0.25) is 0 Å². The Hall–Kier alpha value is -1.61. The van der Waals surface area contributed by atoms with Crippen LogP contribution in [0.4, 0.5) is 0 Å². The smallest absolute Gasteiger partial charge is 0.180 e. The molecule has 0 fully saturated rings. The van der Waals surface area contributed by atoms with Gasteiger partial charge in [-0.2, -0.15) is 0 Å². The summed E-state index contributed by atoms with van der Waals surface area (Å²) in [6.07, 6.45) is 3.18. The van der Waals surface area contributed by atoms with Crippen molar-refractivity contribution in [1.82, 2.24) is 10.3 Å². The van der Waals surface area contributed by atoms with Gasteiger partial charge in [0.25, 0.3) is 0 Å². The molecule has 2 aromatic rings. The molecule has 0 saturated heterocycles. The molecule has 1 aromatic carbocycles. The van der Waals surface area contributed by atoms with Crippen LogP contribution >= 0.6 is 0 Å². The van der Waals surface area contributed by atoms with Gasteiger partial charge in [0.05, 0.1) is 12.7 Å². The highest BCUT2D eigenvalue weighted by Crippen LogP contribution is 2.14. The predicted molar refractivity (Wildman–Crippen MR) is 62.9 cm³/mol. The van der Waals surface area contributed by atoms with Crippen LogP contribution in [0.5, 0.6) is 0 Å². The van der Waals surface area contributed by atoms with Gasteiger partial charge >= 0.3 is 0 Å². The lowest BCUT2D eigenvalue weighted by molar-refractivity contribution is 0.458. The van der Waals surface area contributed by atoms with Crippen LogP contribution in [0.3, 0.4) is 0 Å². The van der Waals surface area contributed by atoms with Crippen molar-refractivity contribution in [2.24, 2.45) is 0 Å². The summed E-state index contributed by atoms with van der Waals surface area (Å²) in [5.74, 6) is 0.861. The normalized spacial score (nSPS) is 12.6. The van der Waals surface area contributed by atoms with Crippen LogP contribution in [0.2, 0.25) is 0 Å². The molecule has 0 aliphatic heterocycles. The molecule has 0 unspecified atom stereocenters. The van der Waals surface area contributed by atoms with Crippen molar-refractivity contribution in [3.8, 4) is 0 Å². The Morgan fingerprint density at radius 2 is 2.31 bits per heavy atom. The number of aryl methyl sites for hydroxylation is 1. The molecule has 16 heavy (non-hydrogen) atoms. The maximum Gasteiger partial charge on any atom is 0.180 e. The van der Waals surface area contributed by atoms with Crippen LogP contribution in [-0.2, 0) is 6.54 Å². The van der Waals surface area contributed by atoms with Crippen molar-refractivity contribution >= 4 is 0 Å².